The highest BCUT2D eigenvalue weighted by Crippen LogP contribution is 2.40. The average molecular weight is 548 g/mol. The lowest BCUT2D eigenvalue weighted by Crippen LogP contribution is -2.52. The summed E-state index contributed by atoms with van der Waals surface area (Å²) in [4.78, 5) is 21.7. The Bertz CT molecular complexity index is 1480. The van der Waals surface area contributed by atoms with Crippen molar-refractivity contribution >= 4 is 33.2 Å². The number of benzene rings is 2. The van der Waals surface area contributed by atoms with Crippen LogP contribution in [0.1, 0.15) is 38.5 Å². The highest BCUT2D eigenvalue weighted by Gasteiger charge is 2.44. The van der Waals surface area contributed by atoms with Gasteiger partial charge in [-0.15, -0.1) is 11.3 Å². The lowest BCUT2D eigenvalue weighted by atomic mass is 9.94. The van der Waals surface area contributed by atoms with Crippen molar-refractivity contribution in [3.8, 4) is 21.9 Å². The predicted octanol–water partition coefficient (Wildman–Crippen LogP) is 6.32. The minimum atomic E-state index is -0.0639. The van der Waals surface area contributed by atoms with Crippen molar-refractivity contribution in [3.63, 3.8) is 0 Å². The largest absolute Gasteiger partial charge is 0.490 e. The second-order valence-electron chi connectivity index (χ2n) is 10.6. The molecule has 4 aromatic rings. The number of rotatable bonds is 5. The Morgan fingerprint density at radius 2 is 1.63 bits per heavy atom. The summed E-state index contributed by atoms with van der Waals surface area (Å²) in [7, 11) is 0. The van der Waals surface area contributed by atoms with Crippen molar-refractivity contribution in [2.75, 3.05) is 13.2 Å². The minimum Gasteiger partial charge on any atom is -0.490 e. The van der Waals surface area contributed by atoms with Crippen molar-refractivity contribution in [3.05, 3.63) is 76.3 Å². The van der Waals surface area contributed by atoms with Crippen molar-refractivity contribution in [2.24, 2.45) is 0 Å². The number of nitrogens with zero attached hydrogens (tertiary/aromatic N) is 3. The summed E-state index contributed by atoms with van der Waals surface area (Å²) in [6.07, 6.45) is 8.91. The van der Waals surface area contributed by atoms with Gasteiger partial charge in [-0.05, 0) is 86.6 Å². The lowest BCUT2D eigenvalue weighted by Gasteiger charge is -2.44. The van der Waals surface area contributed by atoms with Gasteiger partial charge in [0.15, 0.2) is 0 Å². The van der Waals surface area contributed by atoms with Crippen LogP contribution in [-0.2, 0) is 4.74 Å². The molecule has 3 aliphatic heterocycles. The van der Waals surface area contributed by atoms with Crippen molar-refractivity contribution in [1.29, 1.82) is 0 Å². The number of thiophene rings is 1. The van der Waals surface area contributed by atoms with E-state index >= 15 is 0 Å². The summed E-state index contributed by atoms with van der Waals surface area (Å²) in [5.74, 6) is 0.862. The van der Waals surface area contributed by atoms with Gasteiger partial charge < -0.3 is 9.47 Å². The maximum Gasteiger partial charge on any atom is 0.275 e. The predicted molar refractivity (Wildman–Crippen MR) is 152 cm³/mol. The maximum atomic E-state index is 13.3. The van der Waals surface area contributed by atoms with E-state index in [0.29, 0.717) is 33.4 Å². The number of hydrogen-bond donors (Lipinski definition) is 0. The molecule has 0 spiro atoms. The number of halogens is 1. The third-order valence-electron chi connectivity index (χ3n) is 8.34. The first-order valence-corrected chi connectivity index (χ1v) is 14.7. The topological polar surface area (TPSA) is 56.6 Å². The van der Waals surface area contributed by atoms with Crippen LogP contribution in [0.2, 0.25) is 5.02 Å². The van der Waals surface area contributed by atoms with Crippen LogP contribution >= 0.6 is 22.9 Å². The number of piperidine rings is 1. The highest BCUT2D eigenvalue weighted by molar-refractivity contribution is 7.22. The first kappa shape index (κ1) is 24.3. The van der Waals surface area contributed by atoms with Gasteiger partial charge in [-0.1, -0.05) is 23.7 Å². The molecule has 0 amide bonds. The quantitative estimate of drug-likeness (QED) is 0.292. The van der Waals surface area contributed by atoms with Gasteiger partial charge in [-0.2, -0.15) is 0 Å². The molecule has 3 aliphatic rings. The standard InChI is InChI=1S/C30H30ClN3O3S/c31-20-3-1-19(2-4-20)28-17-27-29(38-28)30(35)33(18-32-27)21-7-9-25(10-8-21)37-26-15-23-5-6-24(16-26)34(23)22-11-13-36-14-12-22/h1-4,7-10,17-18,22-24,26H,5-6,11-16H2/t23-,24+,26+. The molecule has 0 radical (unpaired) electrons. The molecule has 8 heteroatoms. The third kappa shape index (κ3) is 4.56. The van der Waals surface area contributed by atoms with Crippen LogP contribution in [-0.4, -0.2) is 51.9 Å². The van der Waals surface area contributed by atoms with Gasteiger partial charge in [0.1, 0.15) is 22.9 Å². The zero-order chi connectivity index (χ0) is 25.6. The van der Waals surface area contributed by atoms with Crippen molar-refractivity contribution in [2.45, 2.75) is 62.8 Å². The summed E-state index contributed by atoms with van der Waals surface area (Å²) in [5.41, 5.74) is 2.46. The van der Waals surface area contributed by atoms with Crippen molar-refractivity contribution < 1.29 is 9.47 Å². The Balaban J connectivity index is 1.06. The molecule has 6 nitrogen and oxygen atoms in total. The van der Waals surface area contributed by atoms with E-state index in [-0.39, 0.29) is 11.7 Å². The third-order valence-corrected chi connectivity index (χ3v) is 9.76. The Morgan fingerprint density at radius 3 is 2.34 bits per heavy atom. The number of ether oxygens (including phenoxy) is 2. The first-order chi connectivity index (χ1) is 18.6. The fourth-order valence-corrected chi connectivity index (χ4v) is 7.74. The fraction of sp³-hybridized carbons (Fsp3) is 0.400. The zero-order valence-corrected chi connectivity index (χ0v) is 22.7. The second-order valence-corrected chi connectivity index (χ2v) is 12.1. The Morgan fingerprint density at radius 1 is 0.921 bits per heavy atom. The van der Waals surface area contributed by atoms with Gasteiger partial charge >= 0.3 is 0 Å². The minimum absolute atomic E-state index is 0.0639. The van der Waals surface area contributed by atoms with Gasteiger partial charge in [-0.3, -0.25) is 14.3 Å². The molecular formula is C30H30ClN3O3S. The van der Waals surface area contributed by atoms with Crippen LogP contribution in [0.25, 0.3) is 26.3 Å². The molecule has 3 saturated heterocycles. The van der Waals surface area contributed by atoms with Gasteiger partial charge in [0.05, 0.1) is 11.2 Å². The molecule has 0 unspecified atom stereocenters. The molecule has 2 aromatic carbocycles. The molecular weight excluding hydrogens is 518 g/mol. The van der Waals surface area contributed by atoms with Crippen LogP contribution in [0.5, 0.6) is 5.75 Å². The summed E-state index contributed by atoms with van der Waals surface area (Å²) < 4.78 is 14.3. The van der Waals surface area contributed by atoms with Crippen LogP contribution in [0.15, 0.2) is 65.7 Å². The van der Waals surface area contributed by atoms with Crippen LogP contribution < -0.4 is 10.3 Å². The maximum absolute atomic E-state index is 13.3. The van der Waals surface area contributed by atoms with Crippen molar-refractivity contribution in [1.82, 2.24) is 14.5 Å². The number of fused-ring (bicyclic) bond motifs is 3. The van der Waals surface area contributed by atoms with E-state index in [9.17, 15) is 4.79 Å². The first-order valence-electron chi connectivity index (χ1n) is 13.5. The van der Waals surface area contributed by atoms with Crippen LogP contribution in [0.4, 0.5) is 0 Å². The van der Waals surface area contributed by atoms with E-state index < -0.39 is 0 Å². The second kappa shape index (κ2) is 10.1. The SMILES string of the molecule is O=c1c2sc(-c3ccc(Cl)cc3)cc2ncn1-c1ccc(O[C@H]2C[C@H]3CC[C@@H](C2)N3C2CCOCC2)cc1. The summed E-state index contributed by atoms with van der Waals surface area (Å²) in [6, 6.07) is 19.4. The molecule has 3 atom stereocenters. The lowest BCUT2D eigenvalue weighted by molar-refractivity contribution is -0.0237. The van der Waals surface area contributed by atoms with Crippen LogP contribution in [0.3, 0.4) is 0 Å². The molecule has 2 aromatic heterocycles. The molecule has 196 valence electrons. The number of hydrogen-bond acceptors (Lipinski definition) is 6. The smallest absolute Gasteiger partial charge is 0.275 e. The van der Waals surface area contributed by atoms with E-state index in [4.69, 9.17) is 21.1 Å². The van der Waals surface area contributed by atoms with Gasteiger partial charge in [-0.25, -0.2) is 4.98 Å². The normalized spacial score (nSPS) is 24.2. The van der Waals surface area contributed by atoms with E-state index in [2.05, 4.69) is 9.88 Å². The molecule has 0 saturated carbocycles. The zero-order valence-electron chi connectivity index (χ0n) is 21.1. The molecule has 3 fully saturated rings. The monoisotopic (exact) mass is 547 g/mol. The van der Waals surface area contributed by atoms with E-state index in [1.165, 1.54) is 24.2 Å². The molecule has 2 bridgehead atoms. The average Bonchev–Trinajstić information content (AvgIpc) is 3.50. The van der Waals surface area contributed by atoms with E-state index in [1.807, 2.05) is 54.6 Å². The molecule has 38 heavy (non-hydrogen) atoms. The number of aromatic nitrogens is 2. The Hall–Kier alpha value is -2.71. The van der Waals surface area contributed by atoms with Gasteiger partial charge in [0, 0.05) is 41.2 Å². The molecule has 0 N–H and O–H groups in total. The molecule has 0 aliphatic carbocycles. The summed E-state index contributed by atoms with van der Waals surface area (Å²) in [5, 5.41) is 0.690. The highest BCUT2D eigenvalue weighted by atomic mass is 35.5. The molecule has 7 rings (SSSR count). The molecule has 5 heterocycles. The van der Waals surface area contributed by atoms with Gasteiger partial charge in [0.2, 0.25) is 0 Å². The van der Waals surface area contributed by atoms with Crippen LogP contribution in [0, 0.1) is 0 Å². The summed E-state index contributed by atoms with van der Waals surface area (Å²) in [6.45, 7) is 1.79. The summed E-state index contributed by atoms with van der Waals surface area (Å²) >= 11 is 7.49. The van der Waals surface area contributed by atoms with Gasteiger partial charge in [0.25, 0.3) is 5.56 Å². The van der Waals surface area contributed by atoms with E-state index in [1.54, 1.807) is 10.9 Å². The fourth-order valence-electron chi connectivity index (χ4n) is 6.57. The van der Waals surface area contributed by atoms with E-state index in [0.717, 1.165) is 60.8 Å². The Kier molecular flexibility index (Phi) is 6.48. The Labute approximate surface area is 230 Å².